The quantitative estimate of drug-likeness (QED) is 0.566. The molecule has 0 saturated heterocycles. The molecule has 0 N–H and O–H groups in total. The van der Waals surface area contributed by atoms with Gasteiger partial charge in [0, 0.05) is 19.2 Å². The highest BCUT2D eigenvalue weighted by Crippen LogP contribution is 2.26. The van der Waals surface area contributed by atoms with Crippen LogP contribution in [0.25, 0.3) is 6.08 Å². The van der Waals surface area contributed by atoms with E-state index in [4.69, 9.17) is 4.74 Å². The normalized spacial score (nSPS) is 19.5. The van der Waals surface area contributed by atoms with E-state index in [-0.39, 0.29) is 18.6 Å². The summed E-state index contributed by atoms with van der Waals surface area (Å²) in [6, 6.07) is 6.84. The third-order valence-corrected chi connectivity index (χ3v) is 5.01. The number of hydrogen-bond acceptors (Lipinski definition) is 5. The van der Waals surface area contributed by atoms with E-state index in [1.54, 1.807) is 42.3 Å². The molecule has 0 radical (unpaired) electrons. The number of esters is 2. The number of benzene rings is 1. The van der Waals surface area contributed by atoms with E-state index in [9.17, 15) is 14.4 Å². The minimum Gasteiger partial charge on any atom is -0.465 e. The lowest BCUT2D eigenvalue weighted by atomic mass is 9.87. The van der Waals surface area contributed by atoms with E-state index in [2.05, 4.69) is 11.7 Å². The summed E-state index contributed by atoms with van der Waals surface area (Å²) in [6.07, 6.45) is 7.08. The Bertz CT molecular complexity index is 687. The number of rotatable bonds is 6. The molecule has 1 aliphatic carbocycles. The zero-order valence-electron chi connectivity index (χ0n) is 16.1. The second-order valence-corrected chi connectivity index (χ2v) is 6.97. The molecular weight excluding hydrogens is 346 g/mol. The van der Waals surface area contributed by atoms with Gasteiger partial charge in [0.1, 0.15) is 0 Å². The van der Waals surface area contributed by atoms with Crippen molar-refractivity contribution in [2.75, 3.05) is 20.8 Å². The number of nitrogens with zero attached hydrogens (tertiary/aromatic N) is 1. The maximum absolute atomic E-state index is 12.2. The molecule has 0 spiro atoms. The highest BCUT2D eigenvalue weighted by Gasteiger charge is 2.25. The molecule has 27 heavy (non-hydrogen) atoms. The van der Waals surface area contributed by atoms with Crippen molar-refractivity contribution >= 4 is 23.9 Å². The van der Waals surface area contributed by atoms with Crippen molar-refractivity contribution in [2.24, 2.45) is 5.92 Å². The number of methoxy groups -OCH3 is 1. The molecule has 0 aromatic heterocycles. The van der Waals surface area contributed by atoms with Crippen molar-refractivity contribution in [2.45, 2.75) is 38.6 Å². The van der Waals surface area contributed by atoms with E-state index in [0.717, 1.165) is 37.2 Å². The van der Waals surface area contributed by atoms with E-state index < -0.39 is 11.9 Å². The Labute approximate surface area is 160 Å². The van der Waals surface area contributed by atoms with Crippen LogP contribution in [0.15, 0.2) is 30.3 Å². The number of hydrogen-bond donors (Lipinski definition) is 0. The average Bonchev–Trinajstić information content (AvgIpc) is 2.70. The molecule has 0 unspecified atom stereocenters. The van der Waals surface area contributed by atoms with Gasteiger partial charge in [0.15, 0.2) is 6.61 Å². The average molecular weight is 373 g/mol. The van der Waals surface area contributed by atoms with E-state index in [1.807, 2.05) is 0 Å². The molecule has 0 atom stereocenters. The van der Waals surface area contributed by atoms with Crippen molar-refractivity contribution < 1.29 is 23.9 Å². The van der Waals surface area contributed by atoms with E-state index in [0.29, 0.717) is 5.56 Å². The van der Waals surface area contributed by atoms with Gasteiger partial charge in [0.2, 0.25) is 0 Å². The summed E-state index contributed by atoms with van der Waals surface area (Å²) in [4.78, 5) is 37.1. The minimum absolute atomic E-state index is 0.182. The zero-order valence-corrected chi connectivity index (χ0v) is 16.1. The maximum Gasteiger partial charge on any atom is 0.337 e. The molecule has 1 aromatic rings. The first-order chi connectivity index (χ1) is 12.9. The van der Waals surface area contributed by atoms with Crippen LogP contribution in [0.5, 0.6) is 0 Å². The Morgan fingerprint density at radius 2 is 1.74 bits per heavy atom. The molecule has 0 aliphatic heterocycles. The van der Waals surface area contributed by atoms with Crippen molar-refractivity contribution in [3.05, 3.63) is 41.5 Å². The maximum atomic E-state index is 12.2. The second-order valence-electron chi connectivity index (χ2n) is 6.97. The first kappa shape index (κ1) is 20.7. The standard InChI is InChI=1S/C21H27NO5/c1-15-4-11-18(12-5-15)22(2)19(23)14-27-20(24)13-8-16-6-9-17(10-7-16)21(25)26-3/h6-10,13,15,18H,4-5,11-12,14H2,1-3H3/b13-8+. The van der Waals surface area contributed by atoms with Gasteiger partial charge in [-0.15, -0.1) is 0 Å². The van der Waals surface area contributed by atoms with Gasteiger partial charge >= 0.3 is 11.9 Å². The lowest BCUT2D eigenvalue weighted by molar-refractivity contribution is -0.148. The lowest BCUT2D eigenvalue weighted by Crippen LogP contribution is -2.41. The smallest absolute Gasteiger partial charge is 0.337 e. The number of ether oxygens (including phenoxy) is 2. The van der Waals surface area contributed by atoms with Gasteiger partial charge in [0.05, 0.1) is 12.7 Å². The van der Waals surface area contributed by atoms with Crippen LogP contribution in [-0.2, 0) is 19.1 Å². The third kappa shape index (κ3) is 6.24. The Kier molecular flexibility index (Phi) is 7.58. The molecule has 2 rings (SSSR count). The molecule has 0 bridgehead atoms. The Hall–Kier alpha value is -2.63. The largest absolute Gasteiger partial charge is 0.465 e. The number of carbonyl (C=O) groups is 3. The van der Waals surface area contributed by atoms with Crippen LogP contribution in [0.3, 0.4) is 0 Å². The van der Waals surface area contributed by atoms with Crippen LogP contribution in [0.1, 0.15) is 48.5 Å². The van der Waals surface area contributed by atoms with Crippen molar-refractivity contribution in [1.82, 2.24) is 4.90 Å². The van der Waals surface area contributed by atoms with Crippen LogP contribution in [0.4, 0.5) is 0 Å². The van der Waals surface area contributed by atoms with Gasteiger partial charge in [-0.2, -0.15) is 0 Å². The van der Waals surface area contributed by atoms with Gasteiger partial charge < -0.3 is 14.4 Å². The molecule has 1 aromatic carbocycles. The summed E-state index contributed by atoms with van der Waals surface area (Å²) in [7, 11) is 3.09. The third-order valence-electron chi connectivity index (χ3n) is 5.01. The molecule has 1 saturated carbocycles. The molecule has 1 fully saturated rings. The molecule has 6 heteroatoms. The predicted octanol–water partition coefficient (Wildman–Crippen LogP) is 3.07. The second kappa shape index (κ2) is 9.90. The van der Waals surface area contributed by atoms with Gasteiger partial charge in [-0.25, -0.2) is 9.59 Å². The molecule has 1 amide bonds. The van der Waals surface area contributed by atoms with Gasteiger partial charge in [0.25, 0.3) is 5.91 Å². The Morgan fingerprint density at radius 3 is 2.33 bits per heavy atom. The SMILES string of the molecule is COC(=O)c1ccc(/C=C/C(=O)OCC(=O)N(C)C2CCC(C)CC2)cc1. The highest BCUT2D eigenvalue weighted by molar-refractivity contribution is 5.91. The molecule has 0 heterocycles. The Morgan fingerprint density at radius 1 is 1.11 bits per heavy atom. The van der Waals surface area contributed by atoms with Crippen LogP contribution in [-0.4, -0.2) is 49.6 Å². The molecule has 146 valence electrons. The summed E-state index contributed by atoms with van der Waals surface area (Å²) in [5, 5.41) is 0. The van der Waals surface area contributed by atoms with E-state index in [1.165, 1.54) is 13.2 Å². The van der Waals surface area contributed by atoms with Gasteiger partial charge in [-0.3, -0.25) is 4.79 Å². The van der Waals surface area contributed by atoms with Crippen LogP contribution in [0, 0.1) is 5.92 Å². The zero-order chi connectivity index (χ0) is 19.8. The van der Waals surface area contributed by atoms with Crippen molar-refractivity contribution in [3.63, 3.8) is 0 Å². The topological polar surface area (TPSA) is 72.9 Å². The summed E-state index contributed by atoms with van der Waals surface area (Å²) < 4.78 is 9.68. The number of likely N-dealkylation sites (N-methyl/N-ethyl adjacent to an activating group) is 1. The fraction of sp³-hybridized carbons (Fsp3) is 0.476. The summed E-state index contributed by atoms with van der Waals surface area (Å²) in [6.45, 7) is 1.97. The fourth-order valence-corrected chi connectivity index (χ4v) is 3.13. The van der Waals surface area contributed by atoms with Gasteiger partial charge in [-0.05, 0) is 55.4 Å². The summed E-state index contributed by atoms with van der Waals surface area (Å²) in [5.41, 5.74) is 1.17. The highest BCUT2D eigenvalue weighted by atomic mass is 16.5. The molecule has 6 nitrogen and oxygen atoms in total. The molecule has 1 aliphatic rings. The first-order valence-electron chi connectivity index (χ1n) is 9.19. The minimum atomic E-state index is -0.578. The lowest BCUT2D eigenvalue weighted by Gasteiger charge is -2.33. The van der Waals surface area contributed by atoms with E-state index >= 15 is 0 Å². The Balaban J connectivity index is 1.78. The van der Waals surface area contributed by atoms with Crippen LogP contribution >= 0.6 is 0 Å². The fourth-order valence-electron chi connectivity index (χ4n) is 3.13. The summed E-state index contributed by atoms with van der Waals surface area (Å²) in [5.74, 6) is -0.459. The monoisotopic (exact) mass is 373 g/mol. The first-order valence-corrected chi connectivity index (χ1v) is 9.19. The van der Waals surface area contributed by atoms with Crippen LogP contribution in [0.2, 0.25) is 0 Å². The van der Waals surface area contributed by atoms with Gasteiger partial charge in [-0.1, -0.05) is 19.1 Å². The molecular formula is C21H27NO5. The number of carbonyl (C=O) groups excluding carboxylic acids is 3. The van der Waals surface area contributed by atoms with Crippen LogP contribution < -0.4 is 0 Å². The summed E-state index contributed by atoms with van der Waals surface area (Å²) >= 11 is 0. The predicted molar refractivity (Wildman–Crippen MR) is 102 cm³/mol. The number of amides is 1. The van der Waals surface area contributed by atoms with Crippen molar-refractivity contribution in [3.8, 4) is 0 Å². The van der Waals surface area contributed by atoms with Crippen molar-refractivity contribution in [1.29, 1.82) is 0 Å².